The van der Waals surface area contributed by atoms with E-state index in [1.165, 1.54) is 11.8 Å². The topological polar surface area (TPSA) is 68.0 Å². The molecule has 106 valence electrons. The van der Waals surface area contributed by atoms with Crippen LogP contribution in [-0.2, 0) is 4.79 Å². The molecule has 6 heteroatoms. The molecule has 2 heterocycles. The molecule has 0 saturated carbocycles. The van der Waals surface area contributed by atoms with Gasteiger partial charge < -0.3 is 9.73 Å². The van der Waals surface area contributed by atoms with E-state index in [1.807, 2.05) is 30.3 Å². The maximum Gasteiger partial charge on any atom is 0.230 e. The molecule has 1 amide bonds. The molecule has 0 atom stereocenters. The van der Waals surface area contributed by atoms with Crippen LogP contribution >= 0.6 is 11.8 Å². The number of rotatable bonds is 4. The number of amides is 1. The molecule has 0 bridgehead atoms. The molecule has 1 aromatic carbocycles. The first-order valence-electron chi connectivity index (χ1n) is 6.42. The molecule has 3 rings (SSSR count). The molecule has 0 spiro atoms. The molecule has 0 fully saturated rings. The minimum absolute atomic E-state index is 0.0396. The quantitative estimate of drug-likeness (QED) is 0.592. The third-order valence-electron chi connectivity index (χ3n) is 2.93. The molecule has 0 aliphatic rings. The Bertz CT molecular complexity index is 772. The summed E-state index contributed by atoms with van der Waals surface area (Å²) in [6, 6.07) is 11.3. The zero-order chi connectivity index (χ0) is 14.7. The number of para-hydroxylation sites is 1. The van der Waals surface area contributed by atoms with Crippen LogP contribution in [0.25, 0.3) is 22.5 Å². The van der Waals surface area contributed by atoms with Crippen LogP contribution in [0.2, 0.25) is 0 Å². The molecular weight excluding hydrogens is 286 g/mol. The van der Waals surface area contributed by atoms with Crippen molar-refractivity contribution in [2.45, 2.75) is 5.03 Å². The fourth-order valence-electron chi connectivity index (χ4n) is 1.88. The number of thioether (sulfide) groups is 1. The van der Waals surface area contributed by atoms with Gasteiger partial charge in [-0.05, 0) is 18.2 Å². The van der Waals surface area contributed by atoms with E-state index in [2.05, 4.69) is 15.3 Å². The van der Waals surface area contributed by atoms with Crippen LogP contribution < -0.4 is 5.32 Å². The number of furan rings is 1. The van der Waals surface area contributed by atoms with Crippen LogP contribution in [0.4, 0.5) is 0 Å². The average molecular weight is 299 g/mol. The standard InChI is InChI=1S/C15H13N3O2S/c1-16-13(19)9-21-15-10-5-2-3-6-11(10)17-14(18-15)12-7-4-8-20-12/h2-8H,9H2,1H3,(H,16,19). The zero-order valence-corrected chi connectivity index (χ0v) is 12.2. The van der Waals surface area contributed by atoms with E-state index in [-0.39, 0.29) is 5.91 Å². The number of hydrogen-bond acceptors (Lipinski definition) is 5. The van der Waals surface area contributed by atoms with Gasteiger partial charge >= 0.3 is 0 Å². The van der Waals surface area contributed by atoms with Gasteiger partial charge in [-0.3, -0.25) is 4.79 Å². The Hall–Kier alpha value is -2.34. The lowest BCUT2D eigenvalue weighted by Crippen LogP contribution is -2.19. The van der Waals surface area contributed by atoms with Crippen molar-refractivity contribution in [3.63, 3.8) is 0 Å². The maximum atomic E-state index is 11.4. The lowest BCUT2D eigenvalue weighted by Gasteiger charge is -2.06. The summed E-state index contributed by atoms with van der Waals surface area (Å²) < 4.78 is 5.36. The van der Waals surface area contributed by atoms with E-state index in [9.17, 15) is 4.79 Å². The molecule has 1 N–H and O–H groups in total. The minimum atomic E-state index is -0.0396. The Morgan fingerprint density at radius 3 is 2.86 bits per heavy atom. The van der Waals surface area contributed by atoms with Gasteiger partial charge in [0.15, 0.2) is 11.6 Å². The summed E-state index contributed by atoms with van der Waals surface area (Å²) in [6.45, 7) is 0. The summed E-state index contributed by atoms with van der Waals surface area (Å²) in [4.78, 5) is 20.5. The van der Waals surface area contributed by atoms with Gasteiger partial charge in [-0.2, -0.15) is 0 Å². The Morgan fingerprint density at radius 1 is 1.24 bits per heavy atom. The highest BCUT2D eigenvalue weighted by Gasteiger charge is 2.12. The van der Waals surface area contributed by atoms with Crippen LogP contribution in [0.3, 0.4) is 0 Å². The summed E-state index contributed by atoms with van der Waals surface area (Å²) in [5, 5.41) is 4.31. The summed E-state index contributed by atoms with van der Waals surface area (Å²) in [5.74, 6) is 1.41. The largest absolute Gasteiger partial charge is 0.461 e. The fraction of sp³-hybridized carbons (Fsp3) is 0.133. The Balaban J connectivity index is 2.05. The molecular formula is C15H13N3O2S. The second kappa shape index (κ2) is 5.97. The molecule has 21 heavy (non-hydrogen) atoms. The number of nitrogens with zero attached hydrogens (tertiary/aromatic N) is 2. The lowest BCUT2D eigenvalue weighted by molar-refractivity contribution is -0.118. The number of nitrogens with one attached hydrogen (secondary N) is 1. The highest BCUT2D eigenvalue weighted by molar-refractivity contribution is 8.00. The predicted octanol–water partition coefficient (Wildman–Crippen LogP) is 2.73. The molecule has 2 aromatic heterocycles. The van der Waals surface area contributed by atoms with Gasteiger partial charge in [0.1, 0.15) is 5.03 Å². The Kier molecular flexibility index (Phi) is 3.87. The second-order valence-corrected chi connectivity index (χ2v) is 5.27. The summed E-state index contributed by atoms with van der Waals surface area (Å²) in [6.07, 6.45) is 1.59. The van der Waals surface area contributed by atoms with Crippen LogP contribution in [0.5, 0.6) is 0 Å². The summed E-state index contributed by atoms with van der Waals surface area (Å²) in [5.41, 5.74) is 0.832. The monoisotopic (exact) mass is 299 g/mol. The van der Waals surface area contributed by atoms with E-state index < -0.39 is 0 Å². The van der Waals surface area contributed by atoms with Crippen molar-refractivity contribution in [1.82, 2.24) is 15.3 Å². The maximum absolute atomic E-state index is 11.4. The lowest BCUT2D eigenvalue weighted by atomic mass is 10.2. The number of aromatic nitrogens is 2. The first-order valence-corrected chi connectivity index (χ1v) is 7.40. The third-order valence-corrected chi connectivity index (χ3v) is 3.92. The van der Waals surface area contributed by atoms with Crippen LogP contribution in [0.1, 0.15) is 0 Å². The van der Waals surface area contributed by atoms with E-state index in [0.29, 0.717) is 17.3 Å². The van der Waals surface area contributed by atoms with Crippen molar-refractivity contribution >= 4 is 28.6 Å². The molecule has 0 unspecified atom stereocenters. The van der Waals surface area contributed by atoms with Gasteiger partial charge in [0.25, 0.3) is 0 Å². The molecule has 0 saturated heterocycles. The number of fused-ring (bicyclic) bond motifs is 1. The van der Waals surface area contributed by atoms with Crippen LogP contribution in [-0.4, -0.2) is 28.7 Å². The van der Waals surface area contributed by atoms with Gasteiger partial charge in [0.05, 0.1) is 17.5 Å². The zero-order valence-electron chi connectivity index (χ0n) is 11.4. The number of carbonyl (C=O) groups is 1. The minimum Gasteiger partial charge on any atom is -0.461 e. The van der Waals surface area contributed by atoms with Crippen molar-refractivity contribution in [2.75, 3.05) is 12.8 Å². The first kappa shape index (κ1) is 13.6. The summed E-state index contributed by atoms with van der Waals surface area (Å²) in [7, 11) is 1.62. The molecule has 0 aliphatic carbocycles. The van der Waals surface area contributed by atoms with Crippen molar-refractivity contribution < 1.29 is 9.21 Å². The third kappa shape index (κ3) is 2.90. The number of benzene rings is 1. The van der Waals surface area contributed by atoms with Crippen LogP contribution in [0.15, 0.2) is 52.1 Å². The fourth-order valence-corrected chi connectivity index (χ4v) is 2.77. The second-order valence-electron chi connectivity index (χ2n) is 4.31. The van der Waals surface area contributed by atoms with Gasteiger partial charge in [0.2, 0.25) is 5.91 Å². The van der Waals surface area contributed by atoms with Gasteiger partial charge in [-0.1, -0.05) is 30.0 Å². The van der Waals surface area contributed by atoms with E-state index >= 15 is 0 Å². The summed E-state index contributed by atoms with van der Waals surface area (Å²) >= 11 is 1.39. The van der Waals surface area contributed by atoms with Gasteiger partial charge in [-0.15, -0.1) is 0 Å². The van der Waals surface area contributed by atoms with Crippen molar-refractivity contribution in [3.05, 3.63) is 42.7 Å². The van der Waals surface area contributed by atoms with Crippen LogP contribution in [0, 0.1) is 0 Å². The Morgan fingerprint density at radius 2 is 2.10 bits per heavy atom. The predicted molar refractivity (Wildman–Crippen MR) is 82.0 cm³/mol. The van der Waals surface area contributed by atoms with Crippen molar-refractivity contribution in [3.8, 4) is 11.6 Å². The smallest absolute Gasteiger partial charge is 0.230 e. The van der Waals surface area contributed by atoms with E-state index in [1.54, 1.807) is 19.4 Å². The highest BCUT2D eigenvalue weighted by atomic mass is 32.2. The van der Waals surface area contributed by atoms with E-state index in [4.69, 9.17) is 4.42 Å². The van der Waals surface area contributed by atoms with Crippen molar-refractivity contribution in [1.29, 1.82) is 0 Å². The van der Waals surface area contributed by atoms with Crippen molar-refractivity contribution in [2.24, 2.45) is 0 Å². The SMILES string of the molecule is CNC(=O)CSc1nc(-c2ccco2)nc2ccccc12. The normalized spacial score (nSPS) is 10.7. The average Bonchev–Trinajstić information content (AvgIpc) is 3.06. The van der Waals surface area contributed by atoms with Gasteiger partial charge in [0, 0.05) is 12.4 Å². The molecule has 3 aromatic rings. The van der Waals surface area contributed by atoms with E-state index in [0.717, 1.165) is 15.9 Å². The highest BCUT2D eigenvalue weighted by Crippen LogP contribution is 2.28. The first-order chi connectivity index (χ1) is 10.3. The number of hydrogen-bond donors (Lipinski definition) is 1. The number of carbonyl (C=O) groups excluding carboxylic acids is 1. The Labute approximate surface area is 125 Å². The van der Waals surface area contributed by atoms with Gasteiger partial charge in [-0.25, -0.2) is 9.97 Å². The molecule has 5 nitrogen and oxygen atoms in total. The molecule has 0 radical (unpaired) electrons. The molecule has 0 aliphatic heterocycles.